The lowest BCUT2D eigenvalue weighted by atomic mass is 10.0. The van der Waals surface area contributed by atoms with E-state index in [1.165, 1.54) is 6.92 Å². The quantitative estimate of drug-likeness (QED) is 0.267. The van der Waals surface area contributed by atoms with E-state index in [1.807, 2.05) is 13.8 Å². The van der Waals surface area contributed by atoms with Gasteiger partial charge >= 0.3 is 5.97 Å². The van der Waals surface area contributed by atoms with Crippen LogP contribution in [0.15, 0.2) is 0 Å². The van der Waals surface area contributed by atoms with Gasteiger partial charge in [0.15, 0.2) is 0 Å². The van der Waals surface area contributed by atoms with Crippen molar-refractivity contribution in [2.75, 3.05) is 12.3 Å². The highest BCUT2D eigenvalue weighted by atomic mass is 32.1. The van der Waals surface area contributed by atoms with Crippen molar-refractivity contribution >= 4 is 36.3 Å². The summed E-state index contributed by atoms with van der Waals surface area (Å²) < 4.78 is 0. The first-order valence-corrected chi connectivity index (χ1v) is 9.77. The second-order valence-corrected chi connectivity index (χ2v) is 7.52. The van der Waals surface area contributed by atoms with E-state index in [2.05, 4.69) is 33.9 Å². The summed E-state index contributed by atoms with van der Waals surface area (Å²) in [4.78, 5) is 48.0. The van der Waals surface area contributed by atoms with Gasteiger partial charge in [-0.15, -0.1) is 0 Å². The number of hydrogen-bond donors (Lipinski definition) is 6. The van der Waals surface area contributed by atoms with E-state index >= 15 is 0 Å². The largest absolute Gasteiger partial charge is 0.480 e. The lowest BCUT2D eigenvalue weighted by Gasteiger charge is -2.25. The molecule has 4 unspecified atom stereocenters. The molecule has 0 aromatic heterocycles. The molecule has 0 radical (unpaired) electrons. The molecule has 0 bridgehead atoms. The topological polar surface area (TPSA) is 137 Å². The Morgan fingerprint density at radius 3 is 2.19 bits per heavy atom. The van der Waals surface area contributed by atoms with Crippen molar-refractivity contribution in [1.29, 1.82) is 0 Å². The molecule has 1 fully saturated rings. The Balaban J connectivity index is 2.73. The Kier molecular flexibility index (Phi) is 9.57. The number of carboxylic acids is 1. The summed E-state index contributed by atoms with van der Waals surface area (Å²) in [5.74, 6) is -2.40. The van der Waals surface area contributed by atoms with Crippen LogP contribution in [0.25, 0.3) is 0 Å². The predicted octanol–water partition coefficient (Wildman–Crippen LogP) is -0.727. The zero-order valence-electron chi connectivity index (χ0n) is 15.9. The van der Waals surface area contributed by atoms with Crippen molar-refractivity contribution in [3.05, 3.63) is 0 Å². The monoisotopic (exact) mass is 402 g/mol. The van der Waals surface area contributed by atoms with Gasteiger partial charge in [0.1, 0.15) is 18.1 Å². The molecule has 0 spiro atoms. The number of amides is 3. The molecule has 154 valence electrons. The van der Waals surface area contributed by atoms with Crippen LogP contribution in [-0.4, -0.2) is 65.3 Å². The predicted molar refractivity (Wildman–Crippen MR) is 103 cm³/mol. The van der Waals surface area contributed by atoms with Gasteiger partial charge in [0.05, 0.1) is 6.04 Å². The standard InChI is InChI=1S/C17H30N4O5S/c1-9(2)7-12(20-14(22)11-5-4-6-18-11)15(23)21-13(8-27)16(24)19-10(3)17(25)26/h9-13,18,27H,4-8H2,1-3H3,(H,19,24)(H,20,22)(H,21,23)(H,25,26). The zero-order valence-corrected chi connectivity index (χ0v) is 16.8. The summed E-state index contributed by atoms with van der Waals surface area (Å²) in [6.45, 7) is 5.95. The van der Waals surface area contributed by atoms with Crippen molar-refractivity contribution in [2.45, 2.75) is 64.2 Å². The molecule has 1 saturated heterocycles. The van der Waals surface area contributed by atoms with Crippen molar-refractivity contribution in [1.82, 2.24) is 21.3 Å². The van der Waals surface area contributed by atoms with Gasteiger partial charge in [0, 0.05) is 5.75 Å². The summed E-state index contributed by atoms with van der Waals surface area (Å²) in [5, 5.41) is 19.6. The Bertz CT molecular complexity index is 551. The van der Waals surface area contributed by atoms with Gasteiger partial charge in [-0.05, 0) is 38.6 Å². The minimum absolute atomic E-state index is 0.00353. The SMILES string of the molecule is CC(C)CC(NC(=O)C1CCCN1)C(=O)NC(CS)C(=O)NC(C)C(=O)O. The Morgan fingerprint density at radius 2 is 1.70 bits per heavy atom. The van der Waals surface area contributed by atoms with Gasteiger partial charge < -0.3 is 26.4 Å². The summed E-state index contributed by atoms with van der Waals surface area (Å²) >= 11 is 4.06. The van der Waals surface area contributed by atoms with Crippen molar-refractivity contribution in [2.24, 2.45) is 5.92 Å². The van der Waals surface area contributed by atoms with Gasteiger partial charge in [-0.3, -0.25) is 19.2 Å². The highest BCUT2D eigenvalue weighted by Crippen LogP contribution is 2.09. The van der Waals surface area contributed by atoms with Crippen LogP contribution < -0.4 is 21.3 Å². The van der Waals surface area contributed by atoms with E-state index in [0.717, 1.165) is 19.4 Å². The molecule has 0 aromatic rings. The van der Waals surface area contributed by atoms with Gasteiger partial charge in [-0.2, -0.15) is 12.6 Å². The molecule has 5 N–H and O–H groups in total. The van der Waals surface area contributed by atoms with Crippen LogP contribution in [0.4, 0.5) is 0 Å². The maximum absolute atomic E-state index is 12.6. The van der Waals surface area contributed by atoms with E-state index in [-0.39, 0.29) is 23.6 Å². The van der Waals surface area contributed by atoms with Gasteiger partial charge in [0.25, 0.3) is 0 Å². The van der Waals surface area contributed by atoms with Crippen LogP contribution in [0.5, 0.6) is 0 Å². The summed E-state index contributed by atoms with van der Waals surface area (Å²) in [7, 11) is 0. The lowest BCUT2D eigenvalue weighted by molar-refractivity contribution is -0.141. The molecule has 1 aliphatic rings. The van der Waals surface area contributed by atoms with Crippen LogP contribution in [0.2, 0.25) is 0 Å². The third-order valence-electron chi connectivity index (χ3n) is 4.26. The zero-order chi connectivity index (χ0) is 20.6. The maximum atomic E-state index is 12.6. The number of carbonyl (C=O) groups is 4. The molecule has 0 aromatic carbocycles. The maximum Gasteiger partial charge on any atom is 0.325 e. The minimum atomic E-state index is -1.18. The van der Waals surface area contributed by atoms with Gasteiger partial charge in [-0.1, -0.05) is 13.8 Å². The third-order valence-corrected chi connectivity index (χ3v) is 4.63. The minimum Gasteiger partial charge on any atom is -0.480 e. The molecule has 4 atom stereocenters. The van der Waals surface area contributed by atoms with Crippen LogP contribution in [-0.2, 0) is 19.2 Å². The molecular formula is C17H30N4O5S. The fraction of sp³-hybridized carbons (Fsp3) is 0.765. The number of carboxylic acid groups (broad SMARTS) is 1. The van der Waals surface area contributed by atoms with Crippen molar-refractivity contribution in [3.63, 3.8) is 0 Å². The fourth-order valence-electron chi connectivity index (χ4n) is 2.73. The molecule has 9 nitrogen and oxygen atoms in total. The first-order valence-electron chi connectivity index (χ1n) is 9.13. The molecule has 3 amide bonds. The third kappa shape index (κ3) is 7.76. The molecule has 1 heterocycles. The average Bonchev–Trinajstić information content (AvgIpc) is 3.12. The van der Waals surface area contributed by atoms with Crippen LogP contribution in [0, 0.1) is 5.92 Å². The number of hydrogen-bond acceptors (Lipinski definition) is 6. The number of nitrogens with one attached hydrogen (secondary N) is 4. The van der Waals surface area contributed by atoms with E-state index in [1.54, 1.807) is 0 Å². The highest BCUT2D eigenvalue weighted by Gasteiger charge is 2.30. The van der Waals surface area contributed by atoms with Crippen molar-refractivity contribution < 1.29 is 24.3 Å². The number of thiol groups is 1. The molecule has 27 heavy (non-hydrogen) atoms. The fourth-order valence-corrected chi connectivity index (χ4v) is 2.98. The van der Waals surface area contributed by atoms with Crippen LogP contribution >= 0.6 is 12.6 Å². The van der Waals surface area contributed by atoms with Crippen LogP contribution in [0.1, 0.15) is 40.0 Å². The van der Waals surface area contributed by atoms with Crippen LogP contribution in [0.3, 0.4) is 0 Å². The van der Waals surface area contributed by atoms with Gasteiger partial charge in [-0.25, -0.2) is 0 Å². The lowest BCUT2D eigenvalue weighted by Crippen LogP contribution is -2.57. The Hall–Kier alpha value is -1.81. The molecule has 10 heteroatoms. The first-order chi connectivity index (χ1) is 12.6. The van der Waals surface area contributed by atoms with Gasteiger partial charge in [0.2, 0.25) is 17.7 Å². The first kappa shape index (κ1) is 23.2. The normalized spacial score (nSPS) is 19.8. The van der Waals surface area contributed by atoms with E-state index in [9.17, 15) is 19.2 Å². The smallest absolute Gasteiger partial charge is 0.325 e. The molecule has 0 aliphatic carbocycles. The number of aliphatic carboxylic acids is 1. The number of rotatable bonds is 10. The average molecular weight is 403 g/mol. The molecule has 1 aliphatic heterocycles. The highest BCUT2D eigenvalue weighted by molar-refractivity contribution is 7.80. The molecular weight excluding hydrogens is 372 g/mol. The molecule has 0 saturated carbocycles. The summed E-state index contributed by atoms with van der Waals surface area (Å²) in [6, 6.07) is -3.19. The number of carbonyl (C=O) groups excluding carboxylic acids is 3. The molecule has 1 rings (SSSR count). The van der Waals surface area contributed by atoms with E-state index < -0.39 is 35.9 Å². The van der Waals surface area contributed by atoms with E-state index in [4.69, 9.17) is 5.11 Å². The second kappa shape index (κ2) is 11.1. The second-order valence-electron chi connectivity index (χ2n) is 7.15. The van der Waals surface area contributed by atoms with Crippen molar-refractivity contribution in [3.8, 4) is 0 Å². The van der Waals surface area contributed by atoms with E-state index in [0.29, 0.717) is 6.42 Å². The Labute approximate surface area is 164 Å². The Morgan fingerprint density at radius 1 is 1.07 bits per heavy atom. The summed E-state index contributed by atoms with van der Waals surface area (Å²) in [5.41, 5.74) is 0. The summed E-state index contributed by atoms with van der Waals surface area (Å²) in [6.07, 6.45) is 2.04.